The number of carbonyl (C=O) groups is 1. The van der Waals surface area contributed by atoms with Crippen molar-refractivity contribution < 1.29 is 4.79 Å². The number of hydrogen-bond acceptors (Lipinski definition) is 6. The number of rotatable bonds is 6. The highest BCUT2D eigenvalue weighted by molar-refractivity contribution is 7.99. The first-order valence-corrected chi connectivity index (χ1v) is 11.5. The number of carbonyl (C=O) groups excluding carboxylic acids is 1. The number of thioether (sulfide) groups is 1. The van der Waals surface area contributed by atoms with Crippen molar-refractivity contribution in [3.8, 4) is 0 Å². The number of hydrogen-bond donors (Lipinski definition) is 1. The van der Waals surface area contributed by atoms with Gasteiger partial charge in [0, 0.05) is 28.9 Å². The summed E-state index contributed by atoms with van der Waals surface area (Å²) in [6.45, 7) is 5.92. The third-order valence-electron chi connectivity index (χ3n) is 4.99. The number of aryl methyl sites for hydroxylation is 2. The molecule has 2 aromatic carbocycles. The molecule has 0 bridgehead atoms. The fourth-order valence-corrected chi connectivity index (χ4v) is 4.76. The molecule has 0 fully saturated rings. The van der Waals surface area contributed by atoms with E-state index in [2.05, 4.69) is 62.7 Å². The van der Waals surface area contributed by atoms with Crippen LogP contribution in [0.1, 0.15) is 27.4 Å². The van der Waals surface area contributed by atoms with E-state index in [4.69, 9.17) is 0 Å². The molecule has 1 N–H and O–H groups in total. The predicted molar refractivity (Wildman–Crippen MR) is 124 cm³/mol. The Morgan fingerprint density at radius 1 is 1.03 bits per heavy atom. The summed E-state index contributed by atoms with van der Waals surface area (Å²) in [5, 5.41) is 6.61. The molecule has 0 aliphatic heterocycles. The fraction of sp³-hybridized carbons (Fsp3) is 0.217. The number of nitrogens with zero attached hydrogens (tertiary/aromatic N) is 3. The number of fused-ring (bicyclic) bond motifs is 1. The zero-order valence-electron chi connectivity index (χ0n) is 17.1. The summed E-state index contributed by atoms with van der Waals surface area (Å²) in [5.41, 5.74) is 4.24. The van der Waals surface area contributed by atoms with Gasteiger partial charge in [-0.3, -0.25) is 4.79 Å². The SMILES string of the molecule is Cc1nc(SCC(=O)Nc2ncc(Cc3cccc4ccccc34)s2)nc(C)c1C. The molecule has 1 amide bonds. The van der Waals surface area contributed by atoms with Crippen molar-refractivity contribution in [1.82, 2.24) is 15.0 Å². The highest BCUT2D eigenvalue weighted by Crippen LogP contribution is 2.26. The summed E-state index contributed by atoms with van der Waals surface area (Å²) in [6, 6.07) is 14.7. The minimum absolute atomic E-state index is 0.106. The number of benzene rings is 2. The van der Waals surface area contributed by atoms with Gasteiger partial charge in [0.25, 0.3) is 0 Å². The Morgan fingerprint density at radius 2 is 1.77 bits per heavy atom. The molecule has 152 valence electrons. The first-order chi connectivity index (χ1) is 14.5. The highest BCUT2D eigenvalue weighted by atomic mass is 32.2. The maximum atomic E-state index is 12.3. The molecule has 2 aromatic heterocycles. The van der Waals surface area contributed by atoms with Gasteiger partial charge in [0.2, 0.25) is 5.91 Å². The standard InChI is InChI=1S/C23H22N4OS2/c1-14-15(2)25-23(26-16(14)3)29-13-21(28)27-22-24-12-19(30-22)11-18-9-6-8-17-7-4-5-10-20(17)18/h4-10,12H,11,13H2,1-3H3,(H,24,27,28). The zero-order chi connectivity index (χ0) is 21.1. The van der Waals surface area contributed by atoms with Crippen LogP contribution < -0.4 is 5.32 Å². The van der Waals surface area contributed by atoms with Gasteiger partial charge >= 0.3 is 0 Å². The van der Waals surface area contributed by atoms with E-state index in [9.17, 15) is 4.79 Å². The quantitative estimate of drug-likeness (QED) is 0.328. The Labute approximate surface area is 184 Å². The van der Waals surface area contributed by atoms with E-state index >= 15 is 0 Å². The molecule has 0 radical (unpaired) electrons. The highest BCUT2D eigenvalue weighted by Gasteiger charge is 2.11. The second-order valence-corrected chi connectivity index (χ2v) is 9.14. The van der Waals surface area contributed by atoms with Crippen molar-refractivity contribution in [1.29, 1.82) is 0 Å². The number of nitrogens with one attached hydrogen (secondary N) is 1. The van der Waals surface area contributed by atoms with Gasteiger partial charge in [0.05, 0.1) is 5.75 Å². The minimum Gasteiger partial charge on any atom is -0.301 e. The summed E-state index contributed by atoms with van der Waals surface area (Å²) < 4.78 is 0. The van der Waals surface area contributed by atoms with E-state index < -0.39 is 0 Å². The monoisotopic (exact) mass is 434 g/mol. The molecule has 0 saturated heterocycles. The second kappa shape index (κ2) is 8.93. The molecule has 0 aliphatic rings. The van der Waals surface area contributed by atoms with Crippen LogP contribution in [-0.2, 0) is 11.2 Å². The Bertz CT molecular complexity index is 1190. The lowest BCUT2D eigenvalue weighted by molar-refractivity contribution is -0.113. The van der Waals surface area contributed by atoms with Gasteiger partial charge in [-0.25, -0.2) is 15.0 Å². The van der Waals surface area contributed by atoms with E-state index in [1.165, 1.54) is 39.4 Å². The molecule has 0 saturated carbocycles. The van der Waals surface area contributed by atoms with Gasteiger partial charge in [0.15, 0.2) is 10.3 Å². The van der Waals surface area contributed by atoms with E-state index in [1.807, 2.05) is 27.0 Å². The molecule has 7 heteroatoms. The molecule has 0 aliphatic carbocycles. The number of thiazole rings is 1. The maximum Gasteiger partial charge on any atom is 0.236 e. The van der Waals surface area contributed by atoms with Crippen molar-refractivity contribution in [2.45, 2.75) is 32.3 Å². The molecule has 0 spiro atoms. The molecular weight excluding hydrogens is 412 g/mol. The molecule has 0 atom stereocenters. The van der Waals surface area contributed by atoms with Gasteiger partial charge in [-0.15, -0.1) is 11.3 Å². The van der Waals surface area contributed by atoms with Gasteiger partial charge in [-0.05, 0) is 42.7 Å². The lowest BCUT2D eigenvalue weighted by Crippen LogP contribution is -2.14. The molecule has 30 heavy (non-hydrogen) atoms. The van der Waals surface area contributed by atoms with Gasteiger partial charge in [-0.1, -0.05) is 54.2 Å². The average molecular weight is 435 g/mol. The smallest absolute Gasteiger partial charge is 0.236 e. The van der Waals surface area contributed by atoms with Crippen LogP contribution >= 0.6 is 23.1 Å². The van der Waals surface area contributed by atoms with Gasteiger partial charge in [-0.2, -0.15) is 0 Å². The number of aromatic nitrogens is 3. The van der Waals surface area contributed by atoms with Crippen LogP contribution in [0.25, 0.3) is 10.8 Å². The first-order valence-electron chi connectivity index (χ1n) is 9.65. The Hall–Kier alpha value is -2.77. The van der Waals surface area contributed by atoms with Crippen LogP contribution in [0.3, 0.4) is 0 Å². The van der Waals surface area contributed by atoms with Crippen LogP contribution in [0.4, 0.5) is 5.13 Å². The maximum absolute atomic E-state index is 12.3. The summed E-state index contributed by atoms with van der Waals surface area (Å²) in [7, 11) is 0. The van der Waals surface area contributed by atoms with E-state index in [0.29, 0.717) is 10.3 Å². The van der Waals surface area contributed by atoms with Gasteiger partial charge < -0.3 is 5.32 Å². The molecule has 2 heterocycles. The van der Waals surface area contributed by atoms with E-state index in [1.54, 1.807) is 0 Å². The zero-order valence-corrected chi connectivity index (χ0v) is 18.7. The third-order valence-corrected chi connectivity index (χ3v) is 6.75. The number of anilines is 1. The topological polar surface area (TPSA) is 67.8 Å². The van der Waals surface area contributed by atoms with Crippen LogP contribution in [0.15, 0.2) is 53.8 Å². The molecular formula is C23H22N4OS2. The lowest BCUT2D eigenvalue weighted by Gasteiger charge is -2.06. The van der Waals surface area contributed by atoms with Crippen molar-refractivity contribution in [2.24, 2.45) is 0 Å². The van der Waals surface area contributed by atoms with E-state index in [-0.39, 0.29) is 11.7 Å². The van der Waals surface area contributed by atoms with Crippen LogP contribution in [-0.4, -0.2) is 26.6 Å². The van der Waals surface area contributed by atoms with Crippen molar-refractivity contribution in [3.63, 3.8) is 0 Å². The Kier molecular flexibility index (Phi) is 6.11. The minimum atomic E-state index is -0.106. The molecule has 4 aromatic rings. The van der Waals surface area contributed by atoms with Crippen LogP contribution in [0, 0.1) is 20.8 Å². The normalized spacial score (nSPS) is 11.0. The summed E-state index contributed by atoms with van der Waals surface area (Å²) >= 11 is 2.85. The molecule has 0 unspecified atom stereocenters. The summed E-state index contributed by atoms with van der Waals surface area (Å²) in [6.07, 6.45) is 2.63. The molecule has 4 rings (SSSR count). The first kappa shape index (κ1) is 20.5. The van der Waals surface area contributed by atoms with Crippen molar-refractivity contribution in [2.75, 3.05) is 11.1 Å². The largest absolute Gasteiger partial charge is 0.301 e. The summed E-state index contributed by atoms with van der Waals surface area (Å²) in [4.78, 5) is 26.7. The van der Waals surface area contributed by atoms with E-state index in [0.717, 1.165) is 28.2 Å². The van der Waals surface area contributed by atoms with Crippen LogP contribution in [0.2, 0.25) is 0 Å². The Balaban J connectivity index is 1.38. The molecule has 5 nitrogen and oxygen atoms in total. The summed E-state index contributed by atoms with van der Waals surface area (Å²) in [5.74, 6) is 0.144. The van der Waals surface area contributed by atoms with Gasteiger partial charge in [0.1, 0.15) is 0 Å². The Morgan fingerprint density at radius 3 is 2.57 bits per heavy atom. The van der Waals surface area contributed by atoms with Crippen molar-refractivity contribution >= 4 is 44.9 Å². The number of amides is 1. The van der Waals surface area contributed by atoms with Crippen LogP contribution in [0.5, 0.6) is 0 Å². The fourth-order valence-electron chi connectivity index (χ4n) is 3.17. The van der Waals surface area contributed by atoms with Crippen molar-refractivity contribution in [3.05, 3.63) is 76.1 Å². The predicted octanol–water partition coefficient (Wildman–Crippen LogP) is 5.33. The third kappa shape index (κ3) is 4.68. The average Bonchev–Trinajstić information content (AvgIpc) is 3.17. The lowest BCUT2D eigenvalue weighted by atomic mass is 10.0. The second-order valence-electron chi connectivity index (χ2n) is 7.09.